The molecule has 0 spiro atoms. The lowest BCUT2D eigenvalue weighted by Crippen LogP contribution is -2.37. The molecule has 5 heteroatoms. The summed E-state index contributed by atoms with van der Waals surface area (Å²) >= 11 is 0. The highest BCUT2D eigenvalue weighted by atomic mass is 16.5. The summed E-state index contributed by atoms with van der Waals surface area (Å²) in [6, 6.07) is 5.84. The second-order valence-electron chi connectivity index (χ2n) is 4.44. The van der Waals surface area contributed by atoms with E-state index >= 15 is 0 Å². The van der Waals surface area contributed by atoms with Gasteiger partial charge >= 0.3 is 0 Å². The lowest BCUT2D eigenvalue weighted by atomic mass is 10.2. The molecule has 0 atom stereocenters. The minimum atomic E-state index is 0.701. The van der Waals surface area contributed by atoms with Gasteiger partial charge in [-0.25, -0.2) is 9.97 Å². The van der Waals surface area contributed by atoms with Crippen molar-refractivity contribution in [2.75, 3.05) is 36.9 Å². The number of morpholine rings is 1. The maximum Gasteiger partial charge on any atom is 0.140 e. The lowest BCUT2D eigenvalue weighted by Gasteiger charge is -2.28. The zero-order valence-electron chi connectivity index (χ0n) is 10.4. The van der Waals surface area contributed by atoms with E-state index in [1.807, 2.05) is 25.1 Å². The summed E-state index contributed by atoms with van der Waals surface area (Å²) < 4.78 is 5.38. The number of rotatable bonds is 1. The minimum absolute atomic E-state index is 0.701. The largest absolute Gasteiger partial charge is 0.397 e. The fraction of sp³-hybridized carbons (Fsp3) is 0.385. The van der Waals surface area contributed by atoms with Crippen LogP contribution in [0.2, 0.25) is 0 Å². The van der Waals surface area contributed by atoms with Gasteiger partial charge in [-0.2, -0.15) is 0 Å². The number of aromatic nitrogens is 2. The summed E-state index contributed by atoms with van der Waals surface area (Å²) in [4.78, 5) is 11.2. The monoisotopic (exact) mass is 244 g/mol. The van der Waals surface area contributed by atoms with Crippen molar-refractivity contribution in [3.63, 3.8) is 0 Å². The number of hydrogen-bond acceptors (Lipinski definition) is 5. The summed E-state index contributed by atoms with van der Waals surface area (Å²) in [5.41, 5.74) is 7.53. The van der Waals surface area contributed by atoms with Crippen molar-refractivity contribution < 1.29 is 4.74 Å². The summed E-state index contributed by atoms with van der Waals surface area (Å²) in [7, 11) is 0. The Labute approximate surface area is 106 Å². The Hall–Kier alpha value is -1.88. The van der Waals surface area contributed by atoms with E-state index in [0.29, 0.717) is 5.69 Å². The zero-order valence-corrected chi connectivity index (χ0v) is 10.4. The first kappa shape index (κ1) is 11.2. The SMILES string of the molecule is Cc1nc(N2CCOCC2)c2cccc(N)c2n1. The van der Waals surface area contributed by atoms with E-state index in [9.17, 15) is 0 Å². The maximum absolute atomic E-state index is 5.99. The van der Waals surface area contributed by atoms with Gasteiger partial charge in [0.05, 0.1) is 24.4 Å². The van der Waals surface area contributed by atoms with Crippen LogP contribution in [0.4, 0.5) is 11.5 Å². The number of ether oxygens (including phenoxy) is 1. The van der Waals surface area contributed by atoms with Gasteiger partial charge in [0.1, 0.15) is 11.6 Å². The smallest absolute Gasteiger partial charge is 0.140 e. The highest BCUT2D eigenvalue weighted by molar-refractivity contribution is 5.96. The molecule has 1 aliphatic rings. The molecule has 2 N–H and O–H groups in total. The van der Waals surface area contributed by atoms with Gasteiger partial charge in [0.15, 0.2) is 0 Å². The molecule has 94 valence electrons. The van der Waals surface area contributed by atoms with Gasteiger partial charge in [0.2, 0.25) is 0 Å². The summed E-state index contributed by atoms with van der Waals surface area (Å²) in [5.74, 6) is 1.72. The Morgan fingerprint density at radius 2 is 2.00 bits per heavy atom. The van der Waals surface area contributed by atoms with Gasteiger partial charge < -0.3 is 15.4 Å². The van der Waals surface area contributed by atoms with Crippen LogP contribution in [0, 0.1) is 6.92 Å². The average molecular weight is 244 g/mol. The second-order valence-corrected chi connectivity index (χ2v) is 4.44. The van der Waals surface area contributed by atoms with Crippen LogP contribution in [0.15, 0.2) is 18.2 Å². The molecule has 0 amide bonds. The van der Waals surface area contributed by atoms with Gasteiger partial charge in [0, 0.05) is 18.5 Å². The fourth-order valence-corrected chi connectivity index (χ4v) is 2.28. The number of hydrogen-bond donors (Lipinski definition) is 1. The lowest BCUT2D eigenvalue weighted by molar-refractivity contribution is 0.122. The molecular formula is C13H16N4O. The molecule has 18 heavy (non-hydrogen) atoms. The highest BCUT2D eigenvalue weighted by Gasteiger charge is 2.17. The van der Waals surface area contributed by atoms with Crippen molar-refractivity contribution in [1.82, 2.24) is 9.97 Å². The van der Waals surface area contributed by atoms with Crippen LogP contribution in [0.25, 0.3) is 10.9 Å². The van der Waals surface area contributed by atoms with E-state index in [4.69, 9.17) is 10.5 Å². The topological polar surface area (TPSA) is 64.3 Å². The van der Waals surface area contributed by atoms with E-state index < -0.39 is 0 Å². The van der Waals surface area contributed by atoms with Gasteiger partial charge in [-0.3, -0.25) is 0 Å². The van der Waals surface area contributed by atoms with Crippen LogP contribution >= 0.6 is 0 Å². The molecule has 0 saturated carbocycles. The predicted octanol–water partition coefficient (Wildman–Crippen LogP) is 1.36. The van der Waals surface area contributed by atoms with Crippen LogP contribution in [0.3, 0.4) is 0 Å². The Balaban J connectivity index is 2.18. The summed E-state index contributed by atoms with van der Waals surface area (Å²) in [6.07, 6.45) is 0. The van der Waals surface area contributed by atoms with Crippen molar-refractivity contribution >= 4 is 22.4 Å². The van der Waals surface area contributed by atoms with Crippen molar-refractivity contribution in [3.05, 3.63) is 24.0 Å². The Morgan fingerprint density at radius 3 is 2.78 bits per heavy atom. The molecule has 1 aliphatic heterocycles. The second kappa shape index (κ2) is 4.42. The van der Waals surface area contributed by atoms with Crippen LogP contribution < -0.4 is 10.6 Å². The first-order valence-electron chi connectivity index (χ1n) is 6.11. The third-order valence-electron chi connectivity index (χ3n) is 3.16. The minimum Gasteiger partial charge on any atom is -0.397 e. The number of para-hydroxylation sites is 1. The van der Waals surface area contributed by atoms with Crippen LogP contribution in [-0.2, 0) is 4.74 Å². The molecule has 2 heterocycles. The standard InChI is InChI=1S/C13H16N4O/c1-9-15-12-10(3-2-4-11(12)14)13(16-9)17-5-7-18-8-6-17/h2-4H,5-8,14H2,1H3. The molecule has 3 rings (SSSR count). The molecule has 1 fully saturated rings. The van der Waals surface area contributed by atoms with E-state index in [1.165, 1.54) is 0 Å². The van der Waals surface area contributed by atoms with Gasteiger partial charge in [0.25, 0.3) is 0 Å². The number of nitrogens with zero attached hydrogens (tertiary/aromatic N) is 3. The van der Waals surface area contributed by atoms with Crippen molar-refractivity contribution in [3.8, 4) is 0 Å². The van der Waals surface area contributed by atoms with Crippen LogP contribution in [0.5, 0.6) is 0 Å². The number of nitrogens with two attached hydrogens (primary N) is 1. The fourth-order valence-electron chi connectivity index (χ4n) is 2.28. The van der Waals surface area contributed by atoms with Crippen molar-refractivity contribution in [2.45, 2.75) is 6.92 Å². The molecule has 0 aliphatic carbocycles. The molecular weight excluding hydrogens is 228 g/mol. The van der Waals surface area contributed by atoms with Crippen LogP contribution in [0.1, 0.15) is 5.82 Å². The molecule has 1 aromatic carbocycles. The summed E-state index contributed by atoms with van der Waals surface area (Å²) in [6.45, 7) is 5.11. The third kappa shape index (κ3) is 1.86. The van der Waals surface area contributed by atoms with E-state index in [1.54, 1.807) is 0 Å². The number of aryl methyl sites for hydroxylation is 1. The molecule has 0 bridgehead atoms. The highest BCUT2D eigenvalue weighted by Crippen LogP contribution is 2.27. The normalized spacial score (nSPS) is 16.2. The number of benzene rings is 1. The number of nitrogen functional groups attached to an aromatic ring is 1. The zero-order chi connectivity index (χ0) is 12.5. The van der Waals surface area contributed by atoms with Gasteiger partial charge in [-0.05, 0) is 19.1 Å². The third-order valence-corrected chi connectivity index (χ3v) is 3.16. The number of anilines is 2. The van der Waals surface area contributed by atoms with Crippen LogP contribution in [-0.4, -0.2) is 36.3 Å². The molecule has 1 saturated heterocycles. The van der Waals surface area contributed by atoms with Crippen molar-refractivity contribution in [2.24, 2.45) is 0 Å². The maximum atomic E-state index is 5.99. The van der Waals surface area contributed by atoms with Gasteiger partial charge in [-0.15, -0.1) is 0 Å². The molecule has 5 nitrogen and oxygen atoms in total. The first-order valence-corrected chi connectivity index (χ1v) is 6.11. The molecule has 0 unspecified atom stereocenters. The summed E-state index contributed by atoms with van der Waals surface area (Å²) in [5, 5.41) is 1.02. The Kier molecular flexibility index (Phi) is 2.76. The van der Waals surface area contributed by atoms with E-state index in [-0.39, 0.29) is 0 Å². The first-order chi connectivity index (χ1) is 8.75. The average Bonchev–Trinajstić information content (AvgIpc) is 2.40. The Morgan fingerprint density at radius 1 is 1.22 bits per heavy atom. The van der Waals surface area contributed by atoms with Crippen molar-refractivity contribution in [1.29, 1.82) is 0 Å². The van der Waals surface area contributed by atoms with Gasteiger partial charge in [-0.1, -0.05) is 6.07 Å². The molecule has 0 radical (unpaired) electrons. The molecule has 1 aromatic heterocycles. The Bertz CT molecular complexity index is 578. The molecule has 2 aromatic rings. The predicted molar refractivity (Wildman–Crippen MR) is 71.7 cm³/mol. The number of fused-ring (bicyclic) bond motifs is 1. The quantitative estimate of drug-likeness (QED) is 0.767. The van der Waals surface area contributed by atoms with E-state index in [2.05, 4.69) is 14.9 Å². The van der Waals surface area contributed by atoms with E-state index in [0.717, 1.165) is 48.8 Å².